The average Bonchev–Trinajstić information content (AvgIpc) is 3.26. The van der Waals surface area contributed by atoms with Gasteiger partial charge in [0.05, 0.1) is 0 Å². The lowest BCUT2D eigenvalue weighted by Crippen LogP contribution is -2.55. The molecule has 0 radical (unpaired) electrons. The van der Waals surface area contributed by atoms with Gasteiger partial charge in [-0.2, -0.15) is 0 Å². The fraction of sp³-hybridized carbons (Fsp3) is 0.840. The molecule has 3 saturated carbocycles. The first-order valence-corrected chi connectivity index (χ1v) is 12.2. The molecule has 3 fully saturated rings. The Balaban J connectivity index is 0.00000117. The molecule has 4 heteroatoms. The first kappa shape index (κ1) is 22.4. The minimum Gasteiger partial charge on any atom is -0.356 e. The van der Waals surface area contributed by atoms with Crippen LogP contribution in [0.1, 0.15) is 86.0 Å². The summed E-state index contributed by atoms with van der Waals surface area (Å²) in [5.74, 6) is 2.51. The third kappa shape index (κ3) is 3.55. The molecule has 0 bridgehead atoms. The highest BCUT2D eigenvalue weighted by Crippen LogP contribution is 2.65. The highest BCUT2D eigenvalue weighted by molar-refractivity contribution is 5.80. The Morgan fingerprint density at radius 2 is 1.90 bits per heavy atom. The molecule has 1 heterocycles. The Morgan fingerprint density at radius 3 is 2.59 bits per heavy atom. The van der Waals surface area contributed by atoms with Crippen molar-refractivity contribution in [3.05, 3.63) is 12.3 Å². The molecule has 4 rings (SSSR count). The summed E-state index contributed by atoms with van der Waals surface area (Å²) < 4.78 is 0. The maximum Gasteiger partial charge on any atom is 0.223 e. The maximum absolute atomic E-state index is 12.9. The predicted molar refractivity (Wildman–Crippen MR) is 118 cm³/mol. The van der Waals surface area contributed by atoms with Crippen LogP contribution < -0.4 is 5.32 Å². The van der Waals surface area contributed by atoms with E-state index in [-0.39, 0.29) is 16.7 Å². The normalized spacial score (nSPS) is 42.2. The van der Waals surface area contributed by atoms with Gasteiger partial charge in [0.2, 0.25) is 12.3 Å². The molecular formula is C25H42N2O2. The first-order chi connectivity index (χ1) is 14.0. The molecule has 29 heavy (non-hydrogen) atoms. The molecule has 0 aromatic heterocycles. The van der Waals surface area contributed by atoms with Crippen LogP contribution in [0.15, 0.2) is 12.3 Å². The van der Waals surface area contributed by atoms with Crippen molar-refractivity contribution in [1.29, 1.82) is 0 Å². The van der Waals surface area contributed by atoms with Crippen LogP contribution in [0.4, 0.5) is 0 Å². The molecule has 4 nitrogen and oxygen atoms in total. The number of amides is 2. The van der Waals surface area contributed by atoms with Crippen molar-refractivity contribution in [3.8, 4) is 0 Å². The predicted octanol–water partition coefficient (Wildman–Crippen LogP) is 5.14. The Morgan fingerprint density at radius 1 is 1.14 bits per heavy atom. The SMILES string of the molecule is CC.CCCCNC(=O)C1CCC2C3CCC4N(C=O)C=CC4(C)C3CCC12C. The second kappa shape index (κ2) is 8.81. The molecule has 7 unspecified atom stereocenters. The van der Waals surface area contributed by atoms with Crippen molar-refractivity contribution in [2.75, 3.05) is 6.54 Å². The molecule has 0 aromatic rings. The van der Waals surface area contributed by atoms with Gasteiger partial charge in [-0.1, -0.05) is 47.1 Å². The number of unbranched alkanes of at least 4 members (excludes halogenated alkanes) is 1. The molecule has 0 saturated heterocycles. The summed E-state index contributed by atoms with van der Waals surface area (Å²) >= 11 is 0. The van der Waals surface area contributed by atoms with E-state index in [4.69, 9.17) is 0 Å². The smallest absolute Gasteiger partial charge is 0.223 e. The minimum atomic E-state index is 0.118. The van der Waals surface area contributed by atoms with Crippen molar-refractivity contribution >= 4 is 12.3 Å². The number of carbonyl (C=O) groups excluding carboxylic acids is 2. The lowest BCUT2D eigenvalue weighted by Gasteiger charge is -2.57. The zero-order chi connectivity index (χ0) is 21.2. The van der Waals surface area contributed by atoms with Crippen LogP contribution in [0.3, 0.4) is 0 Å². The molecule has 1 N–H and O–H groups in total. The Hall–Kier alpha value is -1.32. The van der Waals surface area contributed by atoms with Crippen molar-refractivity contribution in [1.82, 2.24) is 10.2 Å². The summed E-state index contributed by atoms with van der Waals surface area (Å²) in [6.07, 6.45) is 14.5. The summed E-state index contributed by atoms with van der Waals surface area (Å²) in [6, 6.07) is 0.343. The van der Waals surface area contributed by atoms with E-state index >= 15 is 0 Å². The molecule has 7 atom stereocenters. The summed E-state index contributed by atoms with van der Waals surface area (Å²) in [6.45, 7) is 11.8. The van der Waals surface area contributed by atoms with Gasteiger partial charge in [-0.15, -0.1) is 0 Å². The number of hydrogen-bond acceptors (Lipinski definition) is 2. The van der Waals surface area contributed by atoms with E-state index in [9.17, 15) is 9.59 Å². The summed E-state index contributed by atoms with van der Waals surface area (Å²) in [7, 11) is 0. The molecule has 2 amide bonds. The highest BCUT2D eigenvalue weighted by Gasteiger charge is 2.61. The van der Waals surface area contributed by atoms with Crippen LogP contribution >= 0.6 is 0 Å². The third-order valence-corrected chi connectivity index (χ3v) is 8.96. The second-order valence-corrected chi connectivity index (χ2v) is 10.0. The maximum atomic E-state index is 12.9. The van der Waals surface area contributed by atoms with Gasteiger partial charge in [0.1, 0.15) is 0 Å². The molecule has 3 aliphatic carbocycles. The average molecular weight is 403 g/mol. The van der Waals surface area contributed by atoms with Crippen LogP contribution in [-0.4, -0.2) is 29.8 Å². The number of hydrogen-bond donors (Lipinski definition) is 1. The number of nitrogens with zero attached hydrogens (tertiary/aromatic N) is 1. The van der Waals surface area contributed by atoms with Gasteiger partial charge in [-0.3, -0.25) is 9.59 Å². The van der Waals surface area contributed by atoms with E-state index in [1.165, 1.54) is 19.3 Å². The molecule has 1 aliphatic heterocycles. The zero-order valence-corrected chi connectivity index (χ0v) is 19.2. The Kier molecular flexibility index (Phi) is 6.80. The van der Waals surface area contributed by atoms with Gasteiger partial charge < -0.3 is 10.2 Å². The Labute approximate surface area is 177 Å². The fourth-order valence-electron chi connectivity index (χ4n) is 7.48. The quantitative estimate of drug-likeness (QED) is 0.511. The van der Waals surface area contributed by atoms with Gasteiger partial charge >= 0.3 is 0 Å². The summed E-state index contributed by atoms with van der Waals surface area (Å²) in [5, 5.41) is 3.22. The van der Waals surface area contributed by atoms with Crippen molar-refractivity contribution in [2.24, 2.45) is 34.5 Å². The molecule has 4 aliphatic rings. The number of carbonyl (C=O) groups is 2. The van der Waals surface area contributed by atoms with Crippen LogP contribution in [0, 0.1) is 34.5 Å². The van der Waals surface area contributed by atoms with Crippen molar-refractivity contribution in [2.45, 2.75) is 92.0 Å². The van der Waals surface area contributed by atoms with Gasteiger partial charge in [0.25, 0.3) is 0 Å². The zero-order valence-electron chi connectivity index (χ0n) is 19.2. The van der Waals surface area contributed by atoms with Crippen LogP contribution in [0.5, 0.6) is 0 Å². The van der Waals surface area contributed by atoms with Crippen molar-refractivity contribution in [3.63, 3.8) is 0 Å². The molecule has 0 spiro atoms. The van der Waals surface area contributed by atoms with Crippen LogP contribution in [0.2, 0.25) is 0 Å². The summed E-state index contributed by atoms with van der Waals surface area (Å²) in [4.78, 5) is 26.3. The van der Waals surface area contributed by atoms with E-state index in [0.29, 0.717) is 29.7 Å². The molecule has 164 valence electrons. The van der Waals surface area contributed by atoms with E-state index in [0.717, 1.165) is 45.1 Å². The fourth-order valence-corrected chi connectivity index (χ4v) is 7.48. The lowest BCUT2D eigenvalue weighted by atomic mass is 9.48. The van der Waals surface area contributed by atoms with Gasteiger partial charge in [0.15, 0.2) is 0 Å². The Bertz CT molecular complexity index is 632. The first-order valence-electron chi connectivity index (χ1n) is 12.2. The van der Waals surface area contributed by atoms with Gasteiger partial charge in [-0.25, -0.2) is 0 Å². The molecular weight excluding hydrogens is 360 g/mol. The molecule has 0 aromatic carbocycles. The number of nitrogens with one attached hydrogen (secondary N) is 1. The van der Waals surface area contributed by atoms with E-state index in [2.05, 4.69) is 32.2 Å². The van der Waals surface area contributed by atoms with E-state index < -0.39 is 0 Å². The van der Waals surface area contributed by atoms with Gasteiger partial charge in [0, 0.05) is 30.1 Å². The summed E-state index contributed by atoms with van der Waals surface area (Å²) in [5.41, 5.74) is 0.278. The number of fused-ring (bicyclic) bond motifs is 5. The third-order valence-electron chi connectivity index (χ3n) is 8.96. The highest BCUT2D eigenvalue weighted by atomic mass is 16.2. The minimum absolute atomic E-state index is 0.118. The van der Waals surface area contributed by atoms with Crippen LogP contribution in [0.25, 0.3) is 0 Å². The standard InChI is InChI=1S/C23H36N2O2.C2H6/c1-4-5-13-24-21(27)19-8-7-17-16-6-9-20-23(3,12-14-25(20)15-26)18(16)10-11-22(17,19)2;1-2/h12,14-20H,4-11,13H2,1-3H3,(H,24,27);1-2H3. The van der Waals surface area contributed by atoms with Gasteiger partial charge in [-0.05, 0) is 68.1 Å². The number of rotatable bonds is 5. The van der Waals surface area contributed by atoms with Crippen molar-refractivity contribution < 1.29 is 9.59 Å². The largest absolute Gasteiger partial charge is 0.356 e. The monoisotopic (exact) mass is 402 g/mol. The lowest BCUT2D eigenvalue weighted by molar-refractivity contribution is -0.134. The topological polar surface area (TPSA) is 49.4 Å². The van der Waals surface area contributed by atoms with E-state index in [1.807, 2.05) is 24.9 Å². The van der Waals surface area contributed by atoms with Crippen LogP contribution in [-0.2, 0) is 9.59 Å². The second-order valence-electron chi connectivity index (χ2n) is 10.0. The van der Waals surface area contributed by atoms with E-state index in [1.54, 1.807) is 0 Å².